The Kier molecular flexibility index (Phi) is 7.68. The van der Waals surface area contributed by atoms with Crippen LogP contribution in [0.5, 0.6) is 5.75 Å². The van der Waals surface area contributed by atoms with Crippen LogP contribution in [0.1, 0.15) is 22.8 Å². The Morgan fingerprint density at radius 1 is 0.946 bits per heavy atom. The molecule has 0 radical (unpaired) electrons. The molecule has 4 rings (SSSR count). The van der Waals surface area contributed by atoms with Crippen molar-refractivity contribution in [2.45, 2.75) is 19.8 Å². The number of hydrogen-bond donors (Lipinski definition) is 2. The van der Waals surface area contributed by atoms with E-state index in [4.69, 9.17) is 5.73 Å². The topological polar surface area (TPSA) is 87.9 Å². The molecule has 1 aliphatic rings. The lowest BCUT2D eigenvalue weighted by Crippen LogP contribution is -2.47. The van der Waals surface area contributed by atoms with E-state index < -0.39 is 6.36 Å². The molecule has 194 valence electrons. The fraction of sp³-hybridized carbons (Fsp3) is 0.259. The van der Waals surface area contributed by atoms with E-state index in [0.29, 0.717) is 16.8 Å². The Morgan fingerprint density at radius 2 is 1.59 bits per heavy atom. The Morgan fingerprint density at radius 3 is 2.19 bits per heavy atom. The van der Waals surface area contributed by atoms with Crippen LogP contribution < -0.4 is 15.8 Å². The van der Waals surface area contributed by atoms with Crippen LogP contribution in [-0.2, 0) is 11.3 Å². The van der Waals surface area contributed by atoms with Gasteiger partial charge in [0.25, 0.3) is 5.91 Å². The average Bonchev–Trinajstić information content (AvgIpc) is 2.86. The van der Waals surface area contributed by atoms with Crippen molar-refractivity contribution in [1.82, 2.24) is 9.80 Å². The third kappa shape index (κ3) is 7.01. The smallest absolute Gasteiger partial charge is 0.405 e. The zero-order chi connectivity index (χ0) is 26.6. The minimum Gasteiger partial charge on any atom is -0.405 e. The van der Waals surface area contributed by atoms with Crippen LogP contribution >= 0.6 is 0 Å². The second-order valence-corrected chi connectivity index (χ2v) is 8.81. The van der Waals surface area contributed by atoms with Gasteiger partial charge in [0, 0.05) is 62.1 Å². The Hall–Kier alpha value is -4.05. The number of hydrogen-bond acceptors (Lipinski definition) is 5. The Bertz CT molecular complexity index is 1250. The number of nitrogens with zero attached hydrogens (tertiary/aromatic N) is 2. The lowest BCUT2D eigenvalue weighted by molar-refractivity contribution is -0.274. The molecule has 1 saturated heterocycles. The van der Waals surface area contributed by atoms with Gasteiger partial charge in [-0.05, 0) is 53.6 Å². The largest absolute Gasteiger partial charge is 0.573 e. The molecular formula is C27H27F3N4O3. The highest BCUT2D eigenvalue weighted by molar-refractivity contribution is 6.04. The first-order valence-electron chi connectivity index (χ1n) is 11.7. The molecule has 3 aromatic carbocycles. The van der Waals surface area contributed by atoms with Gasteiger partial charge < -0.3 is 20.7 Å². The third-order valence-electron chi connectivity index (χ3n) is 6.12. The van der Waals surface area contributed by atoms with Crippen molar-refractivity contribution < 1.29 is 27.5 Å². The highest BCUT2D eigenvalue weighted by Gasteiger charge is 2.32. The summed E-state index contributed by atoms with van der Waals surface area (Å²) in [7, 11) is 0. The minimum atomic E-state index is -4.84. The SMILES string of the molecule is CC(=O)N1CCN(Cc2ccc(NC(=O)c3ccc(-c4cc(N)ccc4OC(F)(F)F)cc3)cc2)CC1. The lowest BCUT2D eigenvalue weighted by Gasteiger charge is -2.34. The van der Waals surface area contributed by atoms with Gasteiger partial charge >= 0.3 is 6.36 Å². The first kappa shape index (κ1) is 26.0. The summed E-state index contributed by atoms with van der Waals surface area (Å²) in [5.41, 5.74) is 8.70. The summed E-state index contributed by atoms with van der Waals surface area (Å²) in [6.07, 6.45) is -4.84. The van der Waals surface area contributed by atoms with E-state index in [0.717, 1.165) is 44.4 Å². The van der Waals surface area contributed by atoms with E-state index >= 15 is 0 Å². The molecule has 7 nitrogen and oxygen atoms in total. The van der Waals surface area contributed by atoms with E-state index in [2.05, 4.69) is 15.0 Å². The van der Waals surface area contributed by atoms with Gasteiger partial charge in [-0.15, -0.1) is 13.2 Å². The van der Waals surface area contributed by atoms with Crippen LogP contribution in [0.4, 0.5) is 24.5 Å². The fourth-order valence-corrected chi connectivity index (χ4v) is 4.16. The molecule has 0 spiro atoms. The van der Waals surface area contributed by atoms with Crippen LogP contribution in [0.3, 0.4) is 0 Å². The maximum atomic E-state index is 12.8. The summed E-state index contributed by atoms with van der Waals surface area (Å²) in [5.74, 6) is -0.627. The minimum absolute atomic E-state index is 0.0966. The number of carbonyl (C=O) groups is 2. The maximum Gasteiger partial charge on any atom is 0.573 e. The molecule has 0 saturated carbocycles. The van der Waals surface area contributed by atoms with Crippen molar-refractivity contribution in [3.8, 4) is 16.9 Å². The molecule has 37 heavy (non-hydrogen) atoms. The normalized spacial score (nSPS) is 14.3. The molecular weight excluding hydrogens is 485 g/mol. The molecule has 10 heteroatoms. The predicted molar refractivity (Wildman–Crippen MR) is 135 cm³/mol. The summed E-state index contributed by atoms with van der Waals surface area (Å²) >= 11 is 0. The van der Waals surface area contributed by atoms with Crippen molar-refractivity contribution in [2.75, 3.05) is 37.2 Å². The Labute approximate surface area is 212 Å². The summed E-state index contributed by atoms with van der Waals surface area (Å²) in [4.78, 5) is 28.3. The highest BCUT2D eigenvalue weighted by atomic mass is 19.4. The maximum absolute atomic E-state index is 12.8. The third-order valence-corrected chi connectivity index (χ3v) is 6.12. The van der Waals surface area contributed by atoms with Gasteiger partial charge in [0.05, 0.1) is 0 Å². The number of alkyl halides is 3. The number of anilines is 2. The number of piperazine rings is 1. The van der Waals surface area contributed by atoms with Crippen molar-refractivity contribution in [1.29, 1.82) is 0 Å². The zero-order valence-electron chi connectivity index (χ0n) is 20.2. The number of benzene rings is 3. The van der Waals surface area contributed by atoms with Gasteiger partial charge in [0.1, 0.15) is 5.75 Å². The fourth-order valence-electron chi connectivity index (χ4n) is 4.16. The van der Waals surface area contributed by atoms with Gasteiger partial charge in [0.2, 0.25) is 5.91 Å². The van der Waals surface area contributed by atoms with Crippen molar-refractivity contribution in [3.63, 3.8) is 0 Å². The summed E-state index contributed by atoms with van der Waals surface area (Å²) in [6, 6.07) is 17.5. The number of rotatable bonds is 6. The summed E-state index contributed by atoms with van der Waals surface area (Å²) in [5, 5.41) is 2.83. The van der Waals surface area contributed by atoms with E-state index in [9.17, 15) is 22.8 Å². The van der Waals surface area contributed by atoms with E-state index in [1.807, 2.05) is 29.2 Å². The molecule has 0 bridgehead atoms. The van der Waals surface area contributed by atoms with Crippen LogP contribution in [0.2, 0.25) is 0 Å². The van der Waals surface area contributed by atoms with Crippen LogP contribution in [0.15, 0.2) is 66.7 Å². The standard InChI is InChI=1S/C27H27F3N4O3/c1-18(35)34-14-12-33(13-15-34)17-19-2-9-23(10-3-19)32-26(36)21-6-4-20(5-7-21)24-16-22(31)8-11-25(24)37-27(28,29)30/h2-11,16H,12-15,17,31H2,1H3,(H,32,36). The summed E-state index contributed by atoms with van der Waals surface area (Å²) in [6.45, 7) is 5.40. The van der Waals surface area contributed by atoms with Gasteiger partial charge in [0.15, 0.2) is 0 Å². The van der Waals surface area contributed by atoms with E-state index in [1.54, 1.807) is 19.1 Å². The van der Waals surface area contributed by atoms with Crippen molar-refractivity contribution in [3.05, 3.63) is 77.9 Å². The molecule has 3 N–H and O–H groups in total. The molecule has 0 unspecified atom stereocenters. The van der Waals surface area contributed by atoms with Crippen molar-refractivity contribution in [2.24, 2.45) is 0 Å². The zero-order valence-corrected chi connectivity index (χ0v) is 20.2. The van der Waals surface area contributed by atoms with Gasteiger partial charge in [-0.1, -0.05) is 24.3 Å². The second-order valence-electron chi connectivity index (χ2n) is 8.81. The van der Waals surface area contributed by atoms with Crippen LogP contribution in [0.25, 0.3) is 11.1 Å². The molecule has 0 aliphatic carbocycles. The van der Waals surface area contributed by atoms with Crippen molar-refractivity contribution >= 4 is 23.2 Å². The van der Waals surface area contributed by atoms with E-state index in [-0.39, 0.29) is 28.8 Å². The molecule has 2 amide bonds. The Balaban J connectivity index is 1.37. The first-order valence-corrected chi connectivity index (χ1v) is 11.7. The number of ether oxygens (including phenoxy) is 1. The number of nitrogens with one attached hydrogen (secondary N) is 1. The molecule has 3 aromatic rings. The van der Waals surface area contributed by atoms with Crippen LogP contribution in [-0.4, -0.2) is 54.2 Å². The predicted octanol–water partition coefficient (Wildman–Crippen LogP) is 4.75. The summed E-state index contributed by atoms with van der Waals surface area (Å²) < 4.78 is 42.4. The second kappa shape index (κ2) is 10.9. The highest BCUT2D eigenvalue weighted by Crippen LogP contribution is 2.35. The average molecular weight is 513 g/mol. The molecule has 0 atom stereocenters. The van der Waals surface area contributed by atoms with E-state index in [1.165, 1.54) is 24.3 Å². The van der Waals surface area contributed by atoms with Gasteiger partial charge in [-0.25, -0.2) is 0 Å². The number of amides is 2. The monoisotopic (exact) mass is 512 g/mol. The van der Waals surface area contributed by atoms with Crippen LogP contribution in [0, 0.1) is 0 Å². The number of carbonyl (C=O) groups excluding carboxylic acids is 2. The first-order chi connectivity index (χ1) is 17.6. The van der Waals surface area contributed by atoms with Gasteiger partial charge in [-0.2, -0.15) is 0 Å². The molecule has 0 aromatic heterocycles. The molecule has 1 aliphatic heterocycles. The number of halogens is 3. The quantitative estimate of drug-likeness (QED) is 0.466. The lowest BCUT2D eigenvalue weighted by atomic mass is 10.0. The molecule has 1 fully saturated rings. The molecule has 1 heterocycles. The number of nitrogens with two attached hydrogens (primary N) is 1. The van der Waals surface area contributed by atoms with Gasteiger partial charge in [-0.3, -0.25) is 14.5 Å². The number of nitrogen functional groups attached to an aromatic ring is 1.